The van der Waals surface area contributed by atoms with E-state index in [9.17, 15) is 27.1 Å². The number of alkyl halides is 2. The molecule has 0 bridgehead atoms. The average molecular weight is 415 g/mol. The number of ether oxygens (including phenoxy) is 1. The highest BCUT2D eigenvalue weighted by molar-refractivity contribution is 7.88. The number of piperidine rings is 1. The molecular formula is C18H19F2NO6S. The molecular weight excluding hydrogens is 396 g/mol. The third-order valence-corrected chi connectivity index (χ3v) is 6.51. The van der Waals surface area contributed by atoms with Crippen molar-refractivity contribution < 1.29 is 36.3 Å². The number of benzene rings is 1. The highest BCUT2D eigenvalue weighted by atomic mass is 32.2. The van der Waals surface area contributed by atoms with Crippen LogP contribution in [-0.4, -0.2) is 49.9 Å². The molecule has 2 aromatic rings. The van der Waals surface area contributed by atoms with Crippen molar-refractivity contribution in [1.82, 2.24) is 4.31 Å². The number of furan rings is 1. The molecule has 10 heteroatoms. The minimum atomic E-state index is -3.97. The van der Waals surface area contributed by atoms with Crippen LogP contribution >= 0.6 is 0 Å². The molecule has 1 fully saturated rings. The van der Waals surface area contributed by atoms with Crippen molar-refractivity contribution in [1.29, 1.82) is 0 Å². The summed E-state index contributed by atoms with van der Waals surface area (Å²) >= 11 is 0. The molecule has 0 radical (unpaired) electrons. The fourth-order valence-corrected chi connectivity index (χ4v) is 4.77. The number of halogens is 2. The molecule has 1 aliphatic heterocycles. The number of carbonyl (C=O) groups is 1. The highest BCUT2D eigenvalue weighted by Gasteiger charge is 2.38. The van der Waals surface area contributed by atoms with Gasteiger partial charge in [-0.3, -0.25) is 0 Å². The molecule has 7 nitrogen and oxygen atoms in total. The van der Waals surface area contributed by atoms with E-state index in [1.54, 1.807) is 12.1 Å². The topological polar surface area (TPSA) is 97.0 Å². The summed E-state index contributed by atoms with van der Waals surface area (Å²) in [7, 11) is -2.68. The van der Waals surface area contributed by atoms with Crippen LogP contribution in [0, 0.1) is 0 Å². The Hall–Kier alpha value is -2.46. The van der Waals surface area contributed by atoms with Gasteiger partial charge >= 0.3 is 5.97 Å². The zero-order valence-corrected chi connectivity index (χ0v) is 15.8. The van der Waals surface area contributed by atoms with Gasteiger partial charge in [0, 0.05) is 37.1 Å². The first-order valence-electron chi connectivity index (χ1n) is 8.46. The number of methoxy groups -OCH3 is 1. The fraction of sp³-hybridized carbons (Fsp3) is 0.389. The van der Waals surface area contributed by atoms with Crippen molar-refractivity contribution >= 4 is 16.0 Å². The van der Waals surface area contributed by atoms with Crippen molar-refractivity contribution in [3.8, 4) is 16.9 Å². The summed E-state index contributed by atoms with van der Waals surface area (Å²) in [6, 6.07) is 4.56. The highest BCUT2D eigenvalue weighted by Crippen LogP contribution is 2.37. The first-order valence-corrected chi connectivity index (χ1v) is 10.1. The summed E-state index contributed by atoms with van der Waals surface area (Å²) in [5.41, 5.74) is 0.750. The number of hydrogen-bond donors (Lipinski definition) is 1. The monoisotopic (exact) mass is 415 g/mol. The number of hydrogen-bond acceptors (Lipinski definition) is 5. The maximum Gasteiger partial charge on any atom is 0.339 e. The van der Waals surface area contributed by atoms with Crippen molar-refractivity contribution in [3.05, 3.63) is 41.9 Å². The molecule has 1 aromatic heterocycles. The molecule has 0 atom stereocenters. The first kappa shape index (κ1) is 20.3. The number of aromatic carboxylic acids is 1. The zero-order chi connectivity index (χ0) is 20.5. The van der Waals surface area contributed by atoms with Crippen molar-refractivity contribution in [2.24, 2.45) is 0 Å². The van der Waals surface area contributed by atoms with Gasteiger partial charge in [0.15, 0.2) is 0 Å². The van der Waals surface area contributed by atoms with Crippen LogP contribution in [-0.2, 0) is 15.8 Å². The van der Waals surface area contributed by atoms with E-state index in [0.717, 1.165) is 4.31 Å². The van der Waals surface area contributed by atoms with E-state index in [0.29, 0.717) is 11.1 Å². The van der Waals surface area contributed by atoms with E-state index < -0.39 is 40.5 Å². The van der Waals surface area contributed by atoms with Gasteiger partial charge in [-0.2, -0.15) is 0 Å². The molecule has 0 aliphatic carbocycles. The van der Waals surface area contributed by atoms with Crippen LogP contribution in [0.25, 0.3) is 11.1 Å². The van der Waals surface area contributed by atoms with Crippen LogP contribution in [0.2, 0.25) is 0 Å². The van der Waals surface area contributed by atoms with Crippen LogP contribution < -0.4 is 4.74 Å². The minimum absolute atomic E-state index is 0.00628. The van der Waals surface area contributed by atoms with Crippen LogP contribution in [0.4, 0.5) is 8.78 Å². The number of nitrogens with zero attached hydrogens (tertiary/aromatic N) is 1. The molecule has 0 amide bonds. The quantitative estimate of drug-likeness (QED) is 0.778. The molecule has 152 valence electrons. The van der Waals surface area contributed by atoms with Gasteiger partial charge in [0.05, 0.1) is 25.4 Å². The summed E-state index contributed by atoms with van der Waals surface area (Å²) in [4.78, 5) is 11.9. The molecule has 0 spiro atoms. The lowest BCUT2D eigenvalue weighted by molar-refractivity contribution is -0.0412. The van der Waals surface area contributed by atoms with E-state index in [-0.39, 0.29) is 30.0 Å². The maximum absolute atomic E-state index is 13.3. The predicted octanol–water partition coefficient (Wildman–Crippen LogP) is 3.21. The number of rotatable bonds is 6. The minimum Gasteiger partial charge on any atom is -0.495 e. The second-order valence-electron chi connectivity index (χ2n) is 6.51. The summed E-state index contributed by atoms with van der Waals surface area (Å²) in [6.45, 7) is -0.607. The lowest BCUT2D eigenvalue weighted by Gasteiger charge is -2.31. The van der Waals surface area contributed by atoms with E-state index in [1.807, 2.05) is 0 Å². The Balaban J connectivity index is 1.97. The Bertz CT molecular complexity index is 962. The van der Waals surface area contributed by atoms with Crippen LogP contribution in [0.3, 0.4) is 0 Å². The zero-order valence-electron chi connectivity index (χ0n) is 15.0. The normalized spacial score (nSPS) is 17.4. The van der Waals surface area contributed by atoms with Gasteiger partial charge in [0.1, 0.15) is 11.3 Å². The third kappa shape index (κ3) is 4.02. The summed E-state index contributed by atoms with van der Waals surface area (Å²) in [5.74, 6) is -4.85. The third-order valence-electron chi connectivity index (χ3n) is 4.68. The summed E-state index contributed by atoms with van der Waals surface area (Å²) in [5, 5.41) is 9.66. The average Bonchev–Trinajstić information content (AvgIpc) is 3.14. The predicted molar refractivity (Wildman–Crippen MR) is 96.0 cm³/mol. The summed E-state index contributed by atoms with van der Waals surface area (Å²) < 4.78 is 63.3. The molecule has 1 aromatic carbocycles. The van der Waals surface area contributed by atoms with Crippen molar-refractivity contribution in [2.75, 3.05) is 20.2 Å². The number of carboxylic acids is 1. The van der Waals surface area contributed by atoms with Crippen molar-refractivity contribution in [3.63, 3.8) is 0 Å². The fourth-order valence-electron chi connectivity index (χ4n) is 3.21. The van der Waals surface area contributed by atoms with Gasteiger partial charge in [-0.25, -0.2) is 26.3 Å². The van der Waals surface area contributed by atoms with Crippen molar-refractivity contribution in [2.45, 2.75) is 24.5 Å². The maximum atomic E-state index is 13.3. The largest absolute Gasteiger partial charge is 0.495 e. The standard InChI is InChI=1S/C18H19F2NO6S/c1-26-16-14(12-4-9-27-10-12)3-2-13(15(16)17(22)23)11-28(24,25)21-7-5-18(19,20)6-8-21/h2-4,9-10H,5-8,11H2,1H3,(H,22,23). The molecule has 0 saturated carbocycles. The second kappa shape index (κ2) is 7.51. The van der Waals surface area contributed by atoms with Crippen LogP contribution in [0.15, 0.2) is 35.1 Å². The second-order valence-corrected chi connectivity index (χ2v) is 8.48. The molecule has 3 rings (SSSR count). The molecule has 0 unspecified atom stereocenters. The lowest BCUT2D eigenvalue weighted by atomic mass is 9.99. The van der Waals surface area contributed by atoms with Crippen LogP contribution in [0.1, 0.15) is 28.8 Å². The number of carboxylic acid groups (broad SMARTS) is 1. The Morgan fingerprint density at radius 3 is 2.50 bits per heavy atom. The Morgan fingerprint density at radius 1 is 1.29 bits per heavy atom. The molecule has 28 heavy (non-hydrogen) atoms. The van der Waals surface area contributed by atoms with Gasteiger partial charge in [-0.1, -0.05) is 12.1 Å². The van der Waals surface area contributed by atoms with E-state index in [4.69, 9.17) is 9.15 Å². The van der Waals surface area contributed by atoms with Gasteiger partial charge in [0.2, 0.25) is 10.0 Å². The van der Waals surface area contributed by atoms with E-state index >= 15 is 0 Å². The Kier molecular flexibility index (Phi) is 5.44. The Labute approximate surface area is 160 Å². The van der Waals surface area contributed by atoms with E-state index in [1.165, 1.54) is 25.7 Å². The molecule has 1 N–H and O–H groups in total. The van der Waals surface area contributed by atoms with Gasteiger partial charge < -0.3 is 14.3 Å². The number of sulfonamides is 1. The smallest absolute Gasteiger partial charge is 0.339 e. The van der Waals surface area contributed by atoms with Gasteiger partial charge in [0.25, 0.3) is 5.92 Å². The van der Waals surface area contributed by atoms with Gasteiger partial charge in [-0.15, -0.1) is 0 Å². The van der Waals surface area contributed by atoms with Crippen LogP contribution in [0.5, 0.6) is 5.75 Å². The van der Waals surface area contributed by atoms with E-state index in [2.05, 4.69) is 0 Å². The Morgan fingerprint density at radius 2 is 1.96 bits per heavy atom. The first-order chi connectivity index (χ1) is 13.1. The van der Waals surface area contributed by atoms with Gasteiger partial charge in [-0.05, 0) is 11.6 Å². The molecule has 1 saturated heterocycles. The lowest BCUT2D eigenvalue weighted by Crippen LogP contribution is -2.43. The SMILES string of the molecule is COc1c(-c2ccoc2)ccc(CS(=O)(=O)N2CCC(F)(F)CC2)c1C(=O)O. The summed E-state index contributed by atoms with van der Waals surface area (Å²) in [6.07, 6.45) is 1.72. The molecule has 2 heterocycles. The molecule has 1 aliphatic rings.